The molecule has 35 heavy (non-hydrogen) atoms. The highest BCUT2D eigenvalue weighted by Gasteiger charge is 2.56. The van der Waals surface area contributed by atoms with E-state index in [1.165, 1.54) is 0 Å². The minimum Gasteiger partial charge on any atom is -0.491 e. The second-order valence-corrected chi connectivity index (χ2v) is 9.37. The molecule has 0 saturated carbocycles. The van der Waals surface area contributed by atoms with Crippen LogP contribution in [0.4, 0.5) is 24.1 Å². The summed E-state index contributed by atoms with van der Waals surface area (Å²) in [5.41, 5.74) is 2.58. The number of carbonyl (C=O) groups is 2. The highest BCUT2D eigenvalue weighted by molar-refractivity contribution is 5.68. The Bertz CT molecular complexity index is 1080. The Kier molecular flexibility index (Phi) is 6.12. The fourth-order valence-electron chi connectivity index (χ4n) is 5.10. The average Bonchev–Trinajstić information content (AvgIpc) is 2.82. The van der Waals surface area contributed by atoms with Gasteiger partial charge >= 0.3 is 12.2 Å². The van der Waals surface area contributed by atoms with Crippen LogP contribution < -0.4 is 15.0 Å². The zero-order valence-electron chi connectivity index (χ0n) is 19.0. The molecule has 2 saturated heterocycles. The quantitative estimate of drug-likeness (QED) is 0.685. The number of amides is 2. The third-order valence-electron chi connectivity index (χ3n) is 6.98. The molecule has 186 valence electrons. The van der Waals surface area contributed by atoms with E-state index in [1.54, 1.807) is 0 Å². The van der Waals surface area contributed by atoms with Gasteiger partial charge in [0.25, 0.3) is 5.92 Å². The van der Waals surface area contributed by atoms with Crippen LogP contribution in [-0.2, 0) is 17.8 Å². The van der Waals surface area contributed by atoms with Gasteiger partial charge in [-0.15, -0.1) is 0 Å². The number of fused-ring (bicyclic) bond motifs is 3. The van der Waals surface area contributed by atoms with Gasteiger partial charge in [-0.1, -0.05) is 36.4 Å². The summed E-state index contributed by atoms with van der Waals surface area (Å²) in [5.74, 6) is -4.34. The molecule has 2 aromatic rings. The van der Waals surface area contributed by atoms with E-state index in [2.05, 4.69) is 5.32 Å². The first-order chi connectivity index (χ1) is 16.8. The summed E-state index contributed by atoms with van der Waals surface area (Å²) in [7, 11) is 0. The fraction of sp³-hybridized carbons (Fsp3) is 0.440. The number of hydrogen-bond acceptors (Lipinski definition) is 5. The summed E-state index contributed by atoms with van der Waals surface area (Å²) in [6.45, 7) is 0.247. The summed E-state index contributed by atoms with van der Waals surface area (Å²) in [6, 6.07) is 14.8. The first kappa shape index (κ1) is 23.2. The number of alkyl carbamates (subject to hydrolysis) is 1. The summed E-state index contributed by atoms with van der Waals surface area (Å²) in [6.07, 6.45) is -1.11. The highest BCUT2D eigenvalue weighted by Crippen LogP contribution is 2.44. The van der Waals surface area contributed by atoms with Gasteiger partial charge in [0.1, 0.15) is 19.0 Å². The molecule has 3 aliphatic heterocycles. The molecule has 0 radical (unpaired) electrons. The number of benzene rings is 2. The molecular weight excluding hydrogens is 460 g/mol. The van der Waals surface area contributed by atoms with Crippen molar-refractivity contribution >= 4 is 17.9 Å². The van der Waals surface area contributed by atoms with Crippen molar-refractivity contribution in [1.82, 2.24) is 10.2 Å². The maximum atomic E-state index is 14.7. The van der Waals surface area contributed by atoms with Crippen molar-refractivity contribution in [2.24, 2.45) is 11.8 Å². The van der Waals surface area contributed by atoms with Crippen molar-refractivity contribution in [2.75, 3.05) is 37.7 Å². The van der Waals surface area contributed by atoms with Crippen LogP contribution in [0.25, 0.3) is 0 Å². The number of nitrogens with zero attached hydrogens (tertiary/aromatic N) is 2. The number of carbonyl (C=O) groups excluding carboxylic acids is 1. The third-order valence-corrected chi connectivity index (χ3v) is 6.98. The molecule has 2 bridgehead atoms. The lowest BCUT2D eigenvalue weighted by Gasteiger charge is -2.50. The van der Waals surface area contributed by atoms with Gasteiger partial charge in [0.2, 0.25) is 0 Å². The van der Waals surface area contributed by atoms with E-state index < -0.39 is 29.9 Å². The normalized spacial score (nSPS) is 24.7. The van der Waals surface area contributed by atoms with Crippen LogP contribution in [0.5, 0.6) is 5.75 Å². The molecule has 8 nitrogen and oxygen atoms in total. The molecule has 5 rings (SSSR count). The number of carboxylic acid groups (broad SMARTS) is 1. The maximum Gasteiger partial charge on any atom is 0.407 e. The topological polar surface area (TPSA) is 91.3 Å². The van der Waals surface area contributed by atoms with E-state index in [9.17, 15) is 23.5 Å². The van der Waals surface area contributed by atoms with Crippen molar-refractivity contribution in [3.8, 4) is 5.75 Å². The van der Waals surface area contributed by atoms with Crippen molar-refractivity contribution < 1.29 is 33.0 Å². The Hall–Kier alpha value is -3.56. The number of alkyl halides is 2. The van der Waals surface area contributed by atoms with Crippen LogP contribution in [-0.4, -0.2) is 66.9 Å². The lowest BCUT2D eigenvalue weighted by Crippen LogP contribution is -2.64. The molecule has 0 spiro atoms. The van der Waals surface area contributed by atoms with Crippen molar-refractivity contribution in [3.05, 3.63) is 59.7 Å². The largest absolute Gasteiger partial charge is 0.491 e. The molecule has 3 unspecified atom stereocenters. The number of halogens is 2. The Morgan fingerprint density at radius 2 is 1.80 bits per heavy atom. The number of anilines is 1. The molecule has 2 amide bonds. The summed E-state index contributed by atoms with van der Waals surface area (Å²) >= 11 is 0. The van der Waals surface area contributed by atoms with Gasteiger partial charge < -0.3 is 29.7 Å². The first-order valence-corrected chi connectivity index (χ1v) is 11.6. The molecule has 3 aliphatic rings. The van der Waals surface area contributed by atoms with Gasteiger partial charge in [-0.3, -0.25) is 0 Å². The van der Waals surface area contributed by atoms with E-state index >= 15 is 0 Å². The van der Waals surface area contributed by atoms with Crippen LogP contribution in [0.3, 0.4) is 0 Å². The lowest BCUT2D eigenvalue weighted by atomic mass is 9.80. The maximum absolute atomic E-state index is 14.7. The zero-order valence-corrected chi connectivity index (χ0v) is 19.0. The number of nitrogens with one attached hydrogen (secondary N) is 1. The van der Waals surface area contributed by atoms with Crippen LogP contribution in [0.1, 0.15) is 11.1 Å². The number of piperidine rings is 2. The number of hydrogen-bond donors (Lipinski definition) is 2. The molecule has 0 aliphatic carbocycles. The number of likely N-dealkylation sites (tertiary alicyclic amines) is 1. The molecular formula is C25H27F2N3O5. The van der Waals surface area contributed by atoms with Crippen LogP contribution >= 0.6 is 0 Å². The summed E-state index contributed by atoms with van der Waals surface area (Å²) < 4.78 is 40.6. The van der Waals surface area contributed by atoms with Crippen LogP contribution in [0.2, 0.25) is 0 Å². The van der Waals surface area contributed by atoms with Gasteiger partial charge in [-0.25, -0.2) is 18.4 Å². The molecule has 2 aromatic carbocycles. The molecule has 3 heterocycles. The van der Waals surface area contributed by atoms with Gasteiger partial charge in [0.15, 0.2) is 0 Å². The van der Waals surface area contributed by atoms with Gasteiger partial charge in [0, 0.05) is 37.9 Å². The number of ether oxygens (including phenoxy) is 2. The molecule has 0 aromatic heterocycles. The van der Waals surface area contributed by atoms with E-state index in [0.717, 1.165) is 21.7 Å². The lowest BCUT2D eigenvalue weighted by molar-refractivity contribution is -0.151. The minimum absolute atomic E-state index is 0.0729. The van der Waals surface area contributed by atoms with Crippen molar-refractivity contribution in [1.29, 1.82) is 0 Å². The van der Waals surface area contributed by atoms with E-state index in [1.807, 2.05) is 53.4 Å². The SMILES string of the molecule is O=C(NC1COc2cc(N3CC4CN(C(=O)O)CC(C3)C4(F)F)ccc2C1)OCc1ccccc1. The van der Waals surface area contributed by atoms with Crippen molar-refractivity contribution in [2.45, 2.75) is 25.0 Å². The van der Waals surface area contributed by atoms with Crippen molar-refractivity contribution in [3.63, 3.8) is 0 Å². The fourth-order valence-corrected chi connectivity index (χ4v) is 5.10. The van der Waals surface area contributed by atoms with E-state index in [-0.39, 0.29) is 45.4 Å². The zero-order chi connectivity index (χ0) is 24.6. The average molecular weight is 488 g/mol. The number of rotatable bonds is 4. The molecule has 10 heteroatoms. The highest BCUT2D eigenvalue weighted by atomic mass is 19.3. The second kappa shape index (κ2) is 9.24. The molecule has 2 N–H and O–H groups in total. The minimum atomic E-state index is -2.89. The van der Waals surface area contributed by atoms with E-state index in [4.69, 9.17) is 9.47 Å². The molecule has 3 atom stereocenters. The predicted molar refractivity (Wildman–Crippen MR) is 123 cm³/mol. The van der Waals surface area contributed by atoms with Gasteiger partial charge in [0.05, 0.1) is 17.9 Å². The Labute approximate surface area is 201 Å². The van der Waals surface area contributed by atoms with Gasteiger partial charge in [-0.05, 0) is 23.6 Å². The molecule has 2 fully saturated rings. The Morgan fingerprint density at radius 3 is 2.49 bits per heavy atom. The summed E-state index contributed by atoms with van der Waals surface area (Å²) in [4.78, 5) is 26.5. The van der Waals surface area contributed by atoms with Gasteiger partial charge in [-0.2, -0.15) is 0 Å². The smallest absolute Gasteiger partial charge is 0.407 e. The Balaban J connectivity index is 1.19. The van der Waals surface area contributed by atoms with Crippen LogP contribution in [0, 0.1) is 11.8 Å². The standard InChI is InChI=1S/C25H27F2N3O5/c26-25(27)18-10-29(11-19(25)13-30(12-18)24(32)33)21-7-6-17-8-20(15-34-22(17)9-21)28-23(31)35-14-16-4-2-1-3-5-16/h1-7,9,18-20H,8,10-15H2,(H,28,31)(H,32,33). The van der Waals surface area contributed by atoms with E-state index in [0.29, 0.717) is 12.2 Å². The van der Waals surface area contributed by atoms with Crippen LogP contribution in [0.15, 0.2) is 48.5 Å². The monoisotopic (exact) mass is 487 g/mol. The Morgan fingerprint density at radius 1 is 1.09 bits per heavy atom. The third kappa shape index (κ3) is 4.82. The second-order valence-electron chi connectivity index (χ2n) is 9.37. The predicted octanol–water partition coefficient (Wildman–Crippen LogP) is 3.60. The first-order valence-electron chi connectivity index (χ1n) is 11.6. The summed E-state index contributed by atoms with van der Waals surface area (Å²) in [5, 5.41) is 12.1.